The summed E-state index contributed by atoms with van der Waals surface area (Å²) in [7, 11) is 1.57. The van der Waals surface area contributed by atoms with E-state index in [0.29, 0.717) is 17.0 Å². The first-order valence-electron chi connectivity index (χ1n) is 4.78. The third kappa shape index (κ3) is 3.06. The van der Waals surface area contributed by atoms with Gasteiger partial charge in [0.1, 0.15) is 5.00 Å². The zero-order chi connectivity index (χ0) is 11.3. The number of carbonyl (C=O) groups excluding carboxylic acids is 2. The van der Waals surface area contributed by atoms with Crippen LogP contribution in [0.25, 0.3) is 0 Å². The quantitative estimate of drug-likeness (QED) is 0.823. The molecule has 1 rings (SSSR count). The van der Waals surface area contributed by atoms with Gasteiger partial charge in [0.25, 0.3) is 5.91 Å². The van der Waals surface area contributed by atoms with Gasteiger partial charge < -0.3 is 10.6 Å². The van der Waals surface area contributed by atoms with Gasteiger partial charge in [-0.2, -0.15) is 0 Å². The van der Waals surface area contributed by atoms with Gasteiger partial charge in [-0.1, -0.05) is 6.92 Å². The van der Waals surface area contributed by atoms with Crippen molar-refractivity contribution >= 4 is 28.2 Å². The van der Waals surface area contributed by atoms with Crippen LogP contribution in [-0.4, -0.2) is 18.9 Å². The monoisotopic (exact) mass is 226 g/mol. The molecule has 4 nitrogen and oxygen atoms in total. The zero-order valence-electron chi connectivity index (χ0n) is 8.79. The number of anilines is 1. The topological polar surface area (TPSA) is 58.2 Å². The maximum absolute atomic E-state index is 11.4. The molecule has 0 saturated carbocycles. The molecule has 0 atom stereocenters. The molecule has 2 amide bonds. The second kappa shape index (κ2) is 5.50. The lowest BCUT2D eigenvalue weighted by molar-refractivity contribution is -0.116. The Balaban J connectivity index is 2.73. The van der Waals surface area contributed by atoms with Crippen LogP contribution in [0.5, 0.6) is 0 Å². The summed E-state index contributed by atoms with van der Waals surface area (Å²) in [5.74, 6) is -0.229. The largest absolute Gasteiger partial charge is 0.355 e. The molecule has 0 aliphatic heterocycles. The Morgan fingerprint density at radius 3 is 2.80 bits per heavy atom. The standard InChI is InChI=1S/C10H14N2O2S/c1-3-4-8(13)12-10-7(5-6-15-10)9(14)11-2/h5-6H,3-4H2,1-2H3,(H,11,14)(H,12,13). The van der Waals surface area contributed by atoms with Crippen molar-refractivity contribution in [3.05, 3.63) is 17.0 Å². The lowest BCUT2D eigenvalue weighted by Gasteiger charge is -2.04. The fourth-order valence-corrected chi connectivity index (χ4v) is 1.94. The first-order chi connectivity index (χ1) is 7.19. The Morgan fingerprint density at radius 1 is 1.47 bits per heavy atom. The van der Waals surface area contributed by atoms with Crippen LogP contribution < -0.4 is 10.6 Å². The van der Waals surface area contributed by atoms with Crippen LogP contribution in [0.4, 0.5) is 5.00 Å². The Kier molecular flexibility index (Phi) is 4.30. The molecular weight excluding hydrogens is 212 g/mol. The highest BCUT2D eigenvalue weighted by atomic mass is 32.1. The fraction of sp³-hybridized carbons (Fsp3) is 0.400. The number of rotatable bonds is 4. The number of hydrogen-bond acceptors (Lipinski definition) is 3. The van der Waals surface area contributed by atoms with Gasteiger partial charge in [-0.25, -0.2) is 0 Å². The van der Waals surface area contributed by atoms with E-state index in [9.17, 15) is 9.59 Å². The normalized spacial score (nSPS) is 9.73. The lowest BCUT2D eigenvalue weighted by Crippen LogP contribution is -2.19. The number of carbonyl (C=O) groups is 2. The fourth-order valence-electron chi connectivity index (χ4n) is 1.14. The molecule has 82 valence electrons. The maximum atomic E-state index is 11.4. The van der Waals surface area contributed by atoms with Gasteiger partial charge in [0.15, 0.2) is 0 Å². The number of nitrogens with one attached hydrogen (secondary N) is 2. The van der Waals surface area contributed by atoms with Crippen molar-refractivity contribution in [2.45, 2.75) is 19.8 Å². The summed E-state index contributed by atoms with van der Waals surface area (Å²) in [4.78, 5) is 22.7. The van der Waals surface area contributed by atoms with E-state index in [2.05, 4.69) is 10.6 Å². The molecule has 1 aromatic heterocycles. The van der Waals surface area contributed by atoms with Gasteiger partial charge >= 0.3 is 0 Å². The minimum atomic E-state index is -0.178. The highest BCUT2D eigenvalue weighted by Crippen LogP contribution is 2.23. The molecule has 0 fully saturated rings. The molecule has 1 heterocycles. The number of thiophene rings is 1. The first kappa shape index (κ1) is 11.7. The van der Waals surface area contributed by atoms with Crippen molar-refractivity contribution < 1.29 is 9.59 Å². The molecule has 5 heteroatoms. The van der Waals surface area contributed by atoms with Crippen molar-refractivity contribution in [3.63, 3.8) is 0 Å². The predicted octanol–water partition coefficient (Wildman–Crippen LogP) is 1.85. The van der Waals surface area contributed by atoms with Crippen molar-refractivity contribution in [2.24, 2.45) is 0 Å². The molecule has 2 N–H and O–H groups in total. The molecule has 0 bridgehead atoms. The molecule has 15 heavy (non-hydrogen) atoms. The molecule has 0 saturated heterocycles. The van der Waals surface area contributed by atoms with E-state index in [1.807, 2.05) is 6.92 Å². The average molecular weight is 226 g/mol. The van der Waals surface area contributed by atoms with E-state index in [-0.39, 0.29) is 11.8 Å². The van der Waals surface area contributed by atoms with Crippen LogP contribution in [0.1, 0.15) is 30.1 Å². The SMILES string of the molecule is CCCC(=O)Nc1sccc1C(=O)NC. The van der Waals surface area contributed by atoms with Crippen LogP contribution in [0.15, 0.2) is 11.4 Å². The van der Waals surface area contributed by atoms with E-state index in [4.69, 9.17) is 0 Å². The van der Waals surface area contributed by atoms with Crippen LogP contribution >= 0.6 is 11.3 Å². The van der Waals surface area contributed by atoms with E-state index in [1.54, 1.807) is 18.5 Å². The Bertz CT molecular complexity index is 360. The van der Waals surface area contributed by atoms with Crippen molar-refractivity contribution in [3.8, 4) is 0 Å². The summed E-state index contributed by atoms with van der Waals surface area (Å²) < 4.78 is 0. The molecule has 0 radical (unpaired) electrons. The lowest BCUT2D eigenvalue weighted by atomic mass is 10.3. The smallest absolute Gasteiger partial charge is 0.254 e. The molecule has 0 aromatic carbocycles. The van der Waals surface area contributed by atoms with Crippen molar-refractivity contribution in [2.75, 3.05) is 12.4 Å². The van der Waals surface area contributed by atoms with E-state index >= 15 is 0 Å². The summed E-state index contributed by atoms with van der Waals surface area (Å²) in [6.45, 7) is 1.94. The highest BCUT2D eigenvalue weighted by molar-refractivity contribution is 7.14. The third-order valence-corrected chi connectivity index (χ3v) is 2.70. The Morgan fingerprint density at radius 2 is 2.20 bits per heavy atom. The maximum Gasteiger partial charge on any atom is 0.254 e. The van der Waals surface area contributed by atoms with Gasteiger partial charge in [-0.3, -0.25) is 9.59 Å². The predicted molar refractivity (Wildman–Crippen MR) is 61.2 cm³/mol. The third-order valence-electron chi connectivity index (χ3n) is 1.87. The zero-order valence-corrected chi connectivity index (χ0v) is 9.61. The minimum Gasteiger partial charge on any atom is -0.355 e. The van der Waals surface area contributed by atoms with Crippen LogP contribution in [0.2, 0.25) is 0 Å². The summed E-state index contributed by atoms with van der Waals surface area (Å²) in [6, 6.07) is 1.70. The van der Waals surface area contributed by atoms with Crippen LogP contribution in [0.3, 0.4) is 0 Å². The van der Waals surface area contributed by atoms with Crippen molar-refractivity contribution in [1.82, 2.24) is 5.32 Å². The summed E-state index contributed by atoms with van der Waals surface area (Å²) in [5.41, 5.74) is 0.520. The second-order valence-corrected chi connectivity index (χ2v) is 3.96. The van der Waals surface area contributed by atoms with Gasteiger partial charge in [-0.15, -0.1) is 11.3 Å². The second-order valence-electron chi connectivity index (χ2n) is 3.04. The molecular formula is C10H14N2O2S. The molecule has 0 aliphatic rings. The van der Waals surface area contributed by atoms with E-state index in [0.717, 1.165) is 6.42 Å². The first-order valence-corrected chi connectivity index (χ1v) is 5.66. The van der Waals surface area contributed by atoms with E-state index < -0.39 is 0 Å². The summed E-state index contributed by atoms with van der Waals surface area (Å²) in [5, 5.41) is 7.66. The minimum absolute atomic E-state index is 0.0508. The molecule has 0 aliphatic carbocycles. The van der Waals surface area contributed by atoms with Gasteiger partial charge in [-0.05, 0) is 17.9 Å². The van der Waals surface area contributed by atoms with Gasteiger partial charge in [0.05, 0.1) is 5.56 Å². The van der Waals surface area contributed by atoms with Crippen molar-refractivity contribution in [1.29, 1.82) is 0 Å². The van der Waals surface area contributed by atoms with E-state index in [1.165, 1.54) is 11.3 Å². The van der Waals surface area contributed by atoms with Gasteiger partial charge in [0.2, 0.25) is 5.91 Å². The summed E-state index contributed by atoms with van der Waals surface area (Å²) >= 11 is 1.35. The van der Waals surface area contributed by atoms with Crippen LogP contribution in [0, 0.1) is 0 Å². The highest BCUT2D eigenvalue weighted by Gasteiger charge is 2.12. The van der Waals surface area contributed by atoms with Crippen LogP contribution in [-0.2, 0) is 4.79 Å². The molecule has 0 unspecified atom stereocenters. The molecule has 0 spiro atoms. The summed E-state index contributed by atoms with van der Waals surface area (Å²) in [6.07, 6.45) is 1.28. The average Bonchev–Trinajstić information content (AvgIpc) is 2.65. The Hall–Kier alpha value is -1.36. The van der Waals surface area contributed by atoms with Gasteiger partial charge in [0, 0.05) is 13.5 Å². The molecule has 1 aromatic rings. The number of hydrogen-bond donors (Lipinski definition) is 2. The Labute approximate surface area is 92.7 Å². The number of amides is 2.